The van der Waals surface area contributed by atoms with Crippen LogP contribution in [-0.4, -0.2) is 12.3 Å². The molecule has 0 radical (unpaired) electrons. The molecule has 0 amide bonds. The van der Waals surface area contributed by atoms with Crippen molar-refractivity contribution in [3.63, 3.8) is 0 Å². The minimum atomic E-state index is 0.634. The molecule has 1 aliphatic rings. The van der Waals surface area contributed by atoms with Crippen LogP contribution in [0.3, 0.4) is 0 Å². The lowest BCUT2D eigenvalue weighted by molar-refractivity contribution is 0.732. The van der Waals surface area contributed by atoms with E-state index >= 15 is 0 Å². The summed E-state index contributed by atoms with van der Waals surface area (Å²) in [6.07, 6.45) is 3.14. The van der Waals surface area contributed by atoms with Gasteiger partial charge in [0.15, 0.2) is 0 Å². The molecule has 0 saturated carbocycles. The van der Waals surface area contributed by atoms with Gasteiger partial charge in [-0.15, -0.1) is 0 Å². The Morgan fingerprint density at radius 1 is 2.00 bits per heavy atom. The zero-order valence-corrected chi connectivity index (χ0v) is 3.31. The van der Waals surface area contributed by atoms with Crippen molar-refractivity contribution in [1.29, 1.82) is 0 Å². The van der Waals surface area contributed by atoms with Crippen LogP contribution in [0.5, 0.6) is 0 Å². The topological polar surface area (TPSA) is 12.4 Å². The van der Waals surface area contributed by atoms with E-state index in [0.29, 0.717) is 6.04 Å². The van der Waals surface area contributed by atoms with E-state index in [1.807, 2.05) is 6.21 Å². The molecule has 0 aliphatic carbocycles. The SMILES string of the molecule is C[C@H]1CC=N1. The summed E-state index contributed by atoms with van der Waals surface area (Å²) in [5.41, 5.74) is 0. The van der Waals surface area contributed by atoms with Crippen LogP contribution in [0.1, 0.15) is 13.3 Å². The molecule has 1 aliphatic heterocycles. The van der Waals surface area contributed by atoms with Crippen molar-refractivity contribution in [2.45, 2.75) is 19.4 Å². The van der Waals surface area contributed by atoms with Gasteiger partial charge >= 0.3 is 0 Å². The highest BCUT2D eigenvalue weighted by Gasteiger charge is 2.00. The first-order chi connectivity index (χ1) is 2.39. The monoisotopic (exact) mass is 69.1 g/mol. The number of hydrogen-bond acceptors (Lipinski definition) is 1. The average Bonchev–Trinajstić information content (AvgIpc) is 1.30. The van der Waals surface area contributed by atoms with E-state index in [4.69, 9.17) is 0 Å². The van der Waals surface area contributed by atoms with Crippen LogP contribution in [0.4, 0.5) is 0 Å². The maximum absolute atomic E-state index is 3.94. The lowest BCUT2D eigenvalue weighted by atomic mass is 10.2. The molecule has 1 atom stereocenters. The zero-order chi connectivity index (χ0) is 3.70. The average molecular weight is 69.1 g/mol. The Morgan fingerprint density at radius 3 is 2.40 bits per heavy atom. The Morgan fingerprint density at radius 2 is 2.40 bits per heavy atom. The van der Waals surface area contributed by atoms with Crippen molar-refractivity contribution in [1.82, 2.24) is 0 Å². The van der Waals surface area contributed by atoms with Gasteiger partial charge in [0.25, 0.3) is 0 Å². The highest BCUT2D eigenvalue weighted by atomic mass is 14.8. The molecule has 1 heteroatoms. The second-order valence-electron chi connectivity index (χ2n) is 1.42. The minimum absolute atomic E-state index is 0.634. The summed E-state index contributed by atoms with van der Waals surface area (Å²) >= 11 is 0. The van der Waals surface area contributed by atoms with Crippen molar-refractivity contribution >= 4 is 6.21 Å². The maximum atomic E-state index is 3.94. The molecular formula is C4H7N. The van der Waals surface area contributed by atoms with Crippen LogP contribution in [0.15, 0.2) is 4.99 Å². The van der Waals surface area contributed by atoms with E-state index in [-0.39, 0.29) is 0 Å². The second kappa shape index (κ2) is 0.814. The number of nitrogens with zero attached hydrogens (tertiary/aromatic N) is 1. The first-order valence-electron chi connectivity index (χ1n) is 1.91. The number of rotatable bonds is 0. The van der Waals surface area contributed by atoms with Crippen LogP contribution in [0.25, 0.3) is 0 Å². The van der Waals surface area contributed by atoms with Gasteiger partial charge in [-0.05, 0) is 6.92 Å². The molecule has 0 aromatic heterocycles. The molecule has 0 fully saturated rings. The zero-order valence-electron chi connectivity index (χ0n) is 3.31. The predicted octanol–water partition coefficient (Wildman–Crippen LogP) is 0.849. The molecule has 5 heavy (non-hydrogen) atoms. The lowest BCUT2D eigenvalue weighted by Crippen LogP contribution is -2.07. The van der Waals surface area contributed by atoms with Crippen molar-refractivity contribution in [3.05, 3.63) is 0 Å². The standard InChI is InChI=1S/C4H7N/c1-4-2-3-5-4/h3-4H,2H2,1H3/t4-/m0/s1. The number of aliphatic imine (C=N–C) groups is 1. The van der Waals surface area contributed by atoms with Crippen molar-refractivity contribution in [2.75, 3.05) is 0 Å². The Hall–Kier alpha value is -0.330. The highest BCUT2D eigenvalue weighted by Crippen LogP contribution is 2.01. The normalized spacial score (nSPS) is 33.4. The second-order valence-corrected chi connectivity index (χ2v) is 1.42. The van der Waals surface area contributed by atoms with Crippen LogP contribution in [-0.2, 0) is 0 Å². The van der Waals surface area contributed by atoms with Gasteiger partial charge in [-0.3, -0.25) is 4.99 Å². The van der Waals surface area contributed by atoms with Crippen LogP contribution < -0.4 is 0 Å². The Kier molecular flexibility index (Phi) is 0.469. The van der Waals surface area contributed by atoms with E-state index in [9.17, 15) is 0 Å². The summed E-state index contributed by atoms with van der Waals surface area (Å²) in [5, 5.41) is 0. The van der Waals surface area contributed by atoms with Gasteiger partial charge in [-0.2, -0.15) is 0 Å². The minimum Gasteiger partial charge on any atom is -0.294 e. The van der Waals surface area contributed by atoms with E-state index in [1.54, 1.807) is 0 Å². The lowest BCUT2D eigenvalue weighted by Gasteiger charge is -2.07. The fraction of sp³-hybridized carbons (Fsp3) is 0.750. The summed E-state index contributed by atoms with van der Waals surface area (Å²) in [5.74, 6) is 0. The summed E-state index contributed by atoms with van der Waals surface area (Å²) in [6, 6.07) is 0.634. The predicted molar refractivity (Wildman–Crippen MR) is 22.6 cm³/mol. The van der Waals surface area contributed by atoms with E-state index in [2.05, 4.69) is 11.9 Å². The smallest absolute Gasteiger partial charge is 0.0516 e. The molecule has 0 aromatic rings. The molecule has 0 saturated heterocycles. The molecule has 0 N–H and O–H groups in total. The van der Waals surface area contributed by atoms with Gasteiger partial charge in [0.2, 0.25) is 0 Å². The van der Waals surface area contributed by atoms with Crippen LogP contribution >= 0.6 is 0 Å². The molecule has 1 rings (SSSR count). The molecule has 0 aromatic carbocycles. The van der Waals surface area contributed by atoms with Crippen molar-refractivity contribution in [2.24, 2.45) is 4.99 Å². The largest absolute Gasteiger partial charge is 0.294 e. The van der Waals surface area contributed by atoms with Gasteiger partial charge in [0.1, 0.15) is 0 Å². The van der Waals surface area contributed by atoms with Crippen LogP contribution in [0.2, 0.25) is 0 Å². The molecular weight excluding hydrogens is 62.1 g/mol. The van der Waals surface area contributed by atoms with Crippen molar-refractivity contribution in [3.8, 4) is 0 Å². The maximum Gasteiger partial charge on any atom is 0.0516 e. The summed E-state index contributed by atoms with van der Waals surface area (Å²) in [4.78, 5) is 3.94. The van der Waals surface area contributed by atoms with Gasteiger partial charge in [0.05, 0.1) is 6.04 Å². The van der Waals surface area contributed by atoms with Gasteiger partial charge in [0, 0.05) is 12.6 Å². The third-order valence-electron chi connectivity index (χ3n) is 0.806. The summed E-state index contributed by atoms with van der Waals surface area (Å²) < 4.78 is 0. The van der Waals surface area contributed by atoms with Gasteiger partial charge in [-0.1, -0.05) is 0 Å². The first-order valence-corrected chi connectivity index (χ1v) is 1.91. The fourth-order valence-electron chi connectivity index (χ4n) is 0.316. The quantitative estimate of drug-likeness (QED) is 0.400. The third kappa shape index (κ3) is 0.318. The molecule has 28 valence electrons. The highest BCUT2D eigenvalue weighted by molar-refractivity contribution is 5.63. The Balaban J connectivity index is 2.39. The van der Waals surface area contributed by atoms with Crippen LogP contribution in [0, 0.1) is 0 Å². The number of hydrogen-bond donors (Lipinski definition) is 0. The first kappa shape index (κ1) is 2.88. The molecule has 0 unspecified atom stereocenters. The third-order valence-corrected chi connectivity index (χ3v) is 0.806. The molecule has 0 spiro atoms. The van der Waals surface area contributed by atoms with Gasteiger partial charge in [-0.25, -0.2) is 0 Å². The van der Waals surface area contributed by atoms with Gasteiger partial charge < -0.3 is 0 Å². The van der Waals surface area contributed by atoms with E-state index in [1.165, 1.54) is 6.42 Å². The summed E-state index contributed by atoms with van der Waals surface area (Å²) in [7, 11) is 0. The fourth-order valence-corrected chi connectivity index (χ4v) is 0.316. The molecule has 0 bridgehead atoms. The van der Waals surface area contributed by atoms with E-state index in [0.717, 1.165) is 0 Å². The Bertz CT molecular complexity index is 56.7. The molecule has 1 nitrogen and oxygen atoms in total. The Labute approximate surface area is 31.7 Å². The summed E-state index contributed by atoms with van der Waals surface area (Å²) in [6.45, 7) is 2.11. The van der Waals surface area contributed by atoms with E-state index < -0.39 is 0 Å². The molecule has 1 heterocycles. The van der Waals surface area contributed by atoms with Crippen molar-refractivity contribution < 1.29 is 0 Å².